The van der Waals surface area contributed by atoms with Crippen molar-refractivity contribution in [3.05, 3.63) is 72.2 Å². The molecule has 1 aliphatic rings. The van der Waals surface area contributed by atoms with Crippen molar-refractivity contribution in [3.63, 3.8) is 0 Å². The molecule has 0 aliphatic carbocycles. The Bertz CT molecular complexity index is 1090. The molecule has 1 fully saturated rings. The topological polar surface area (TPSA) is 104 Å². The first-order valence-electron chi connectivity index (χ1n) is 12.5. The van der Waals surface area contributed by atoms with Gasteiger partial charge < -0.3 is 16.2 Å². The Hall–Kier alpha value is -3.29. The van der Waals surface area contributed by atoms with Crippen LogP contribution < -0.4 is 11.1 Å². The van der Waals surface area contributed by atoms with Crippen LogP contribution >= 0.6 is 0 Å². The molecule has 1 saturated heterocycles. The summed E-state index contributed by atoms with van der Waals surface area (Å²) in [6.45, 7) is 2.58. The summed E-state index contributed by atoms with van der Waals surface area (Å²) in [6.07, 6.45) is 9.88. The van der Waals surface area contributed by atoms with Gasteiger partial charge in [-0.2, -0.15) is 0 Å². The maximum atomic E-state index is 10.9. The summed E-state index contributed by atoms with van der Waals surface area (Å²) in [5.74, 6) is 0.641. The smallest absolute Gasteiger partial charge is 0.317 e. The van der Waals surface area contributed by atoms with E-state index >= 15 is 0 Å². The number of carboxylic acids is 1. The van der Waals surface area contributed by atoms with Crippen LogP contribution in [-0.2, 0) is 17.6 Å². The average Bonchev–Trinajstić information content (AvgIpc) is 2.86. The fourth-order valence-electron chi connectivity index (χ4n) is 4.67. The molecule has 3 aromatic rings. The van der Waals surface area contributed by atoms with Crippen LogP contribution in [0.2, 0.25) is 0 Å². The molecule has 35 heavy (non-hydrogen) atoms. The molecule has 184 valence electrons. The summed E-state index contributed by atoms with van der Waals surface area (Å²) in [4.78, 5) is 22.1. The summed E-state index contributed by atoms with van der Waals surface area (Å²) in [6, 6.07) is 16.8. The van der Waals surface area contributed by atoms with Gasteiger partial charge in [-0.1, -0.05) is 18.2 Å². The number of aryl methyl sites for hydroxylation is 1. The molecule has 1 aliphatic heterocycles. The average molecular weight is 474 g/mol. The predicted octanol–water partition coefficient (Wildman–Crippen LogP) is 4.51. The molecule has 7 nitrogen and oxygen atoms in total. The molecular formula is C28H35N5O2. The van der Waals surface area contributed by atoms with E-state index in [0.717, 1.165) is 86.5 Å². The number of carbonyl (C=O) groups is 1. The zero-order chi connectivity index (χ0) is 24.5. The van der Waals surface area contributed by atoms with Crippen LogP contribution in [-0.4, -0.2) is 52.1 Å². The predicted molar refractivity (Wildman–Crippen MR) is 140 cm³/mol. The van der Waals surface area contributed by atoms with E-state index in [1.54, 1.807) is 0 Å². The lowest BCUT2D eigenvalue weighted by atomic mass is 9.90. The first-order chi connectivity index (χ1) is 17.1. The Morgan fingerprint density at radius 1 is 1.06 bits per heavy atom. The number of nitrogens with zero attached hydrogens (tertiary/aromatic N) is 3. The Morgan fingerprint density at radius 2 is 1.91 bits per heavy atom. The molecule has 3 heterocycles. The molecule has 7 heteroatoms. The van der Waals surface area contributed by atoms with Crippen molar-refractivity contribution in [1.82, 2.24) is 14.9 Å². The fraction of sp³-hybridized carbons (Fsp3) is 0.393. The Balaban J connectivity index is 1.35. The van der Waals surface area contributed by atoms with E-state index < -0.39 is 5.97 Å². The number of rotatable bonds is 11. The summed E-state index contributed by atoms with van der Waals surface area (Å²) in [5.41, 5.74) is 11.1. The van der Waals surface area contributed by atoms with Crippen LogP contribution in [0.15, 0.2) is 60.9 Å². The lowest BCUT2D eigenvalue weighted by Gasteiger charge is -2.30. The van der Waals surface area contributed by atoms with Gasteiger partial charge in [-0.3, -0.25) is 14.7 Å². The third-order valence-corrected chi connectivity index (χ3v) is 6.59. The van der Waals surface area contributed by atoms with Crippen molar-refractivity contribution in [2.24, 2.45) is 11.7 Å². The van der Waals surface area contributed by atoms with Gasteiger partial charge in [-0.15, -0.1) is 0 Å². The molecular weight excluding hydrogens is 438 g/mol. The summed E-state index contributed by atoms with van der Waals surface area (Å²) < 4.78 is 0. The summed E-state index contributed by atoms with van der Waals surface area (Å²) in [5, 5.41) is 12.4. The van der Waals surface area contributed by atoms with Crippen LogP contribution in [0.25, 0.3) is 11.1 Å². The summed E-state index contributed by atoms with van der Waals surface area (Å²) in [7, 11) is 0. The standard InChI is InChI=1S/C28H35N5O2/c29-12-2-1-5-25-8-7-24(19-31-25)23-9-13-30-27(18-23)32-26-6-3-4-22(17-26)16-21-10-14-33(15-11-21)20-28(34)35/h3-4,6-9,13,17-19,21H,1-2,5,10-12,14-16,20,29H2,(H,30,32)(H,34,35). The lowest BCUT2D eigenvalue weighted by Crippen LogP contribution is -2.37. The normalized spacial score (nSPS) is 14.7. The number of unbranched alkanes of at least 4 members (excludes halogenated alkanes) is 1. The number of anilines is 2. The highest BCUT2D eigenvalue weighted by Crippen LogP contribution is 2.26. The van der Waals surface area contributed by atoms with Gasteiger partial charge in [0.05, 0.1) is 6.54 Å². The zero-order valence-corrected chi connectivity index (χ0v) is 20.2. The largest absolute Gasteiger partial charge is 0.480 e. The highest BCUT2D eigenvalue weighted by molar-refractivity contribution is 5.69. The van der Waals surface area contributed by atoms with Crippen LogP contribution in [0.3, 0.4) is 0 Å². The minimum Gasteiger partial charge on any atom is -0.480 e. The van der Waals surface area contributed by atoms with Crippen LogP contribution in [0.1, 0.15) is 36.9 Å². The fourth-order valence-corrected chi connectivity index (χ4v) is 4.67. The van der Waals surface area contributed by atoms with Crippen molar-refractivity contribution in [2.75, 3.05) is 31.5 Å². The molecule has 4 rings (SSSR count). The molecule has 4 N–H and O–H groups in total. The number of aliphatic carboxylic acids is 1. The van der Waals surface area contributed by atoms with Gasteiger partial charge in [0.15, 0.2) is 0 Å². The molecule has 0 amide bonds. The monoisotopic (exact) mass is 473 g/mol. The Morgan fingerprint density at radius 3 is 2.66 bits per heavy atom. The Labute approximate surface area is 207 Å². The van der Waals surface area contributed by atoms with Gasteiger partial charge >= 0.3 is 5.97 Å². The second kappa shape index (κ2) is 12.4. The van der Waals surface area contributed by atoms with E-state index in [9.17, 15) is 4.79 Å². The van der Waals surface area contributed by atoms with E-state index in [0.29, 0.717) is 5.92 Å². The van der Waals surface area contributed by atoms with E-state index in [-0.39, 0.29) is 6.54 Å². The Kier molecular flexibility index (Phi) is 8.81. The minimum absolute atomic E-state index is 0.146. The zero-order valence-electron chi connectivity index (χ0n) is 20.2. The molecule has 2 aromatic heterocycles. The number of likely N-dealkylation sites (tertiary alicyclic amines) is 1. The molecule has 0 unspecified atom stereocenters. The van der Waals surface area contributed by atoms with E-state index in [2.05, 4.69) is 57.7 Å². The van der Waals surface area contributed by atoms with Crippen LogP contribution in [0.5, 0.6) is 0 Å². The molecule has 0 atom stereocenters. The van der Waals surface area contributed by atoms with E-state index in [1.807, 2.05) is 23.4 Å². The van der Waals surface area contributed by atoms with Gasteiger partial charge in [0.1, 0.15) is 5.82 Å². The van der Waals surface area contributed by atoms with Crippen molar-refractivity contribution >= 4 is 17.5 Å². The highest BCUT2D eigenvalue weighted by Gasteiger charge is 2.20. The maximum Gasteiger partial charge on any atom is 0.317 e. The number of aromatic nitrogens is 2. The quantitative estimate of drug-likeness (QED) is 0.352. The molecule has 0 bridgehead atoms. The van der Waals surface area contributed by atoms with Gasteiger partial charge in [0.25, 0.3) is 0 Å². The van der Waals surface area contributed by atoms with Crippen LogP contribution in [0, 0.1) is 5.92 Å². The number of piperidine rings is 1. The van der Waals surface area contributed by atoms with Crippen molar-refractivity contribution in [1.29, 1.82) is 0 Å². The molecule has 1 aromatic carbocycles. The molecule has 0 spiro atoms. The maximum absolute atomic E-state index is 10.9. The number of benzene rings is 1. The van der Waals surface area contributed by atoms with E-state index in [1.165, 1.54) is 5.56 Å². The number of carboxylic acid groups (broad SMARTS) is 1. The SMILES string of the molecule is NCCCCc1ccc(-c2ccnc(Nc3cccc(CC4CCN(CC(=O)O)CC4)c3)c2)cn1. The third-order valence-electron chi connectivity index (χ3n) is 6.59. The van der Waals surface area contributed by atoms with Gasteiger partial charge in [0, 0.05) is 29.3 Å². The number of hydrogen-bond donors (Lipinski definition) is 3. The van der Waals surface area contributed by atoms with Gasteiger partial charge in [0.2, 0.25) is 0 Å². The summed E-state index contributed by atoms with van der Waals surface area (Å²) >= 11 is 0. The second-order valence-electron chi connectivity index (χ2n) is 9.36. The number of hydrogen-bond acceptors (Lipinski definition) is 6. The lowest BCUT2D eigenvalue weighted by molar-refractivity contribution is -0.138. The van der Waals surface area contributed by atoms with Crippen molar-refractivity contribution in [2.45, 2.75) is 38.5 Å². The first-order valence-corrected chi connectivity index (χ1v) is 12.5. The highest BCUT2D eigenvalue weighted by atomic mass is 16.4. The minimum atomic E-state index is -0.744. The number of pyridine rings is 2. The van der Waals surface area contributed by atoms with Crippen LogP contribution in [0.4, 0.5) is 11.5 Å². The molecule has 0 saturated carbocycles. The van der Waals surface area contributed by atoms with Crippen molar-refractivity contribution < 1.29 is 9.90 Å². The van der Waals surface area contributed by atoms with E-state index in [4.69, 9.17) is 10.8 Å². The first kappa shape index (κ1) is 24.8. The van der Waals surface area contributed by atoms with Crippen molar-refractivity contribution in [3.8, 4) is 11.1 Å². The third kappa shape index (κ3) is 7.60. The molecule has 0 radical (unpaired) electrons. The van der Waals surface area contributed by atoms with Gasteiger partial charge in [-0.25, -0.2) is 4.98 Å². The second-order valence-corrected chi connectivity index (χ2v) is 9.36. The number of nitrogens with two attached hydrogens (primary N) is 1. The van der Waals surface area contributed by atoms with Gasteiger partial charge in [-0.05, 0) is 106 Å². The number of nitrogens with one attached hydrogen (secondary N) is 1.